The number of aliphatic hydroxyl groups excluding tert-OH is 8. The van der Waals surface area contributed by atoms with Crippen molar-refractivity contribution in [3.63, 3.8) is 0 Å². The van der Waals surface area contributed by atoms with E-state index in [1.54, 1.807) is 27.7 Å². The molecule has 0 aromatic carbocycles. The molecule has 86 heavy (non-hydrogen) atoms. The molecule has 6 heterocycles. The van der Waals surface area contributed by atoms with Gasteiger partial charge in [0.2, 0.25) is 0 Å². The molecule has 6 saturated heterocycles. The lowest BCUT2D eigenvalue weighted by Gasteiger charge is -2.51. The highest BCUT2D eigenvalue weighted by Gasteiger charge is 2.58. The molecular weight excluding hydrogens is 1130 g/mol. The monoisotopic (exact) mass is 1240 g/mol. The molecule has 0 bridgehead atoms. The van der Waals surface area contributed by atoms with Gasteiger partial charge >= 0.3 is 17.9 Å². The van der Waals surface area contributed by atoms with Gasteiger partial charge in [-0.2, -0.15) is 0 Å². The Kier molecular flexibility index (Phi) is 30.5. The second kappa shape index (κ2) is 36.1. The van der Waals surface area contributed by atoms with Crippen molar-refractivity contribution >= 4 is 17.9 Å². The maximum Gasteiger partial charge on any atom is 0.308 e. The topological polar surface area (TPSA) is 333 Å². The lowest BCUT2D eigenvalue weighted by Crippen LogP contribution is -2.68. The Morgan fingerprint density at radius 2 is 0.953 bits per heavy atom. The van der Waals surface area contributed by atoms with Gasteiger partial charge in [0.25, 0.3) is 0 Å². The largest absolute Gasteiger partial charge is 0.457 e. The van der Waals surface area contributed by atoms with Crippen molar-refractivity contribution in [1.82, 2.24) is 0 Å². The number of unbranched alkanes of at least 4 members (excludes halogenated alkanes) is 10. The standard InChI is InChI=1S/C62H108O24/c1-10-12-14-15-16-17-20-23-28-32-41(64)81-56-55(86-58-47(70)44(67)42(65)34(5)74-58)52(84-59-48(71)46(69)50(36(7)76-59)82-57(73)33(3)4)38(9)78-62(56)83-51-37(8)77-61-54(49(51)72)80-40(63)31-27-24-21-18-19-22-26-30-39(29-25-13-11-2)79-60-53(85-61)45(68)43(66)35(6)75-60/h33-39,42-56,58-62,65-72H,10-32H2,1-9H3. The highest BCUT2D eigenvalue weighted by atomic mass is 16.8. The molecule has 500 valence electrons. The van der Waals surface area contributed by atoms with Gasteiger partial charge in [-0.25, -0.2) is 0 Å². The van der Waals surface area contributed by atoms with E-state index in [-0.39, 0.29) is 18.9 Å². The fourth-order valence-electron chi connectivity index (χ4n) is 12.1. The molecule has 8 N–H and O–H groups in total. The Morgan fingerprint density at radius 3 is 1.62 bits per heavy atom. The SMILES string of the molecule is CCCCCCCCCCCC(=O)OC1C(OC2C(C)OC3OC4C(OC(CCCCC)CCCCCCCCCC(=O)OC3C2O)OC(C)C(O)C4O)OC(C)C(OC2OC(C)C(OC(=O)C(C)C)C(O)C2O)C1OC1OC(C)C(O)C(O)C1O. The molecule has 6 aliphatic heterocycles. The molecule has 26 atom stereocenters. The number of carbonyl (C=O) groups is 3. The maximum absolute atomic E-state index is 14.3. The van der Waals surface area contributed by atoms with Crippen LogP contribution in [0.15, 0.2) is 0 Å². The average Bonchev–Trinajstić information content (AvgIpc) is 2.06. The van der Waals surface area contributed by atoms with E-state index in [4.69, 9.17) is 61.6 Å². The number of rotatable bonds is 23. The van der Waals surface area contributed by atoms with E-state index in [9.17, 15) is 55.2 Å². The third kappa shape index (κ3) is 20.3. The van der Waals surface area contributed by atoms with Gasteiger partial charge < -0.3 is 102 Å². The quantitative estimate of drug-likeness (QED) is 0.0381. The van der Waals surface area contributed by atoms with E-state index in [1.165, 1.54) is 27.2 Å². The molecule has 24 heteroatoms. The van der Waals surface area contributed by atoms with E-state index in [2.05, 4.69) is 13.8 Å². The Balaban J connectivity index is 1.34. The van der Waals surface area contributed by atoms with Crippen LogP contribution in [0.2, 0.25) is 0 Å². The van der Waals surface area contributed by atoms with Crippen molar-refractivity contribution in [3.8, 4) is 0 Å². The predicted octanol–water partition coefficient (Wildman–Crippen LogP) is 4.94. The molecule has 0 aromatic rings. The molecule has 0 amide bonds. The van der Waals surface area contributed by atoms with Gasteiger partial charge in [0, 0.05) is 12.8 Å². The van der Waals surface area contributed by atoms with E-state index >= 15 is 0 Å². The molecule has 26 unspecified atom stereocenters. The second-order valence-corrected chi connectivity index (χ2v) is 25.2. The number of aliphatic hydroxyl groups is 8. The summed E-state index contributed by atoms with van der Waals surface area (Å²) in [4.78, 5) is 40.9. The first kappa shape index (κ1) is 72.7. The predicted molar refractivity (Wildman–Crippen MR) is 306 cm³/mol. The van der Waals surface area contributed by atoms with Crippen molar-refractivity contribution in [2.45, 2.75) is 370 Å². The fourth-order valence-corrected chi connectivity index (χ4v) is 12.1. The zero-order chi connectivity index (χ0) is 62.8. The number of esters is 3. The van der Waals surface area contributed by atoms with Gasteiger partial charge in [0.15, 0.2) is 49.8 Å². The highest BCUT2D eigenvalue weighted by molar-refractivity contribution is 5.72. The minimum atomic E-state index is -1.90. The average molecular weight is 1240 g/mol. The zero-order valence-electron chi connectivity index (χ0n) is 52.5. The third-order valence-corrected chi connectivity index (χ3v) is 17.6. The van der Waals surface area contributed by atoms with Crippen LogP contribution < -0.4 is 0 Å². The van der Waals surface area contributed by atoms with Crippen molar-refractivity contribution in [3.05, 3.63) is 0 Å². The van der Waals surface area contributed by atoms with E-state index in [0.29, 0.717) is 25.7 Å². The van der Waals surface area contributed by atoms with Gasteiger partial charge in [-0.1, -0.05) is 137 Å². The van der Waals surface area contributed by atoms with Crippen LogP contribution in [-0.2, 0) is 76.0 Å². The summed E-state index contributed by atoms with van der Waals surface area (Å²) in [6.45, 7) is 15.1. The number of hydrogen-bond acceptors (Lipinski definition) is 24. The lowest BCUT2D eigenvalue weighted by molar-refractivity contribution is -0.399. The van der Waals surface area contributed by atoms with Gasteiger partial charge in [0.1, 0.15) is 73.2 Å². The zero-order valence-corrected chi connectivity index (χ0v) is 52.5. The van der Waals surface area contributed by atoms with Gasteiger partial charge in [-0.3, -0.25) is 14.4 Å². The van der Waals surface area contributed by atoms with Crippen LogP contribution in [-0.4, -0.2) is 218 Å². The molecule has 0 spiro atoms. The summed E-state index contributed by atoms with van der Waals surface area (Å²) in [6, 6.07) is 0. The van der Waals surface area contributed by atoms with Gasteiger partial charge in [-0.05, 0) is 60.3 Å². The minimum Gasteiger partial charge on any atom is -0.457 e. The first-order valence-corrected chi connectivity index (χ1v) is 32.6. The third-order valence-electron chi connectivity index (χ3n) is 17.6. The molecule has 0 aliphatic carbocycles. The Bertz CT molecular complexity index is 1970. The normalized spacial score (nSPS) is 41.7. The van der Waals surface area contributed by atoms with E-state index in [0.717, 1.165) is 103 Å². The summed E-state index contributed by atoms with van der Waals surface area (Å²) in [5.41, 5.74) is 0. The van der Waals surface area contributed by atoms with Crippen LogP contribution in [0.25, 0.3) is 0 Å². The molecule has 0 saturated carbocycles. The highest BCUT2D eigenvalue weighted by Crippen LogP contribution is 2.39. The Hall–Kier alpha value is -2.31. The van der Waals surface area contributed by atoms with Crippen LogP contribution in [0, 0.1) is 5.92 Å². The fraction of sp³-hybridized carbons (Fsp3) is 0.952. The number of fused-ring (bicyclic) bond motifs is 2. The molecule has 0 radical (unpaired) electrons. The number of carbonyl (C=O) groups excluding carboxylic acids is 3. The first-order chi connectivity index (χ1) is 41.1. The Labute approximate surface area is 508 Å². The second-order valence-electron chi connectivity index (χ2n) is 25.2. The van der Waals surface area contributed by atoms with Crippen LogP contribution in [0.3, 0.4) is 0 Å². The van der Waals surface area contributed by atoms with E-state index < -0.39 is 177 Å². The summed E-state index contributed by atoms with van der Waals surface area (Å²) >= 11 is 0. The first-order valence-electron chi connectivity index (χ1n) is 32.6. The van der Waals surface area contributed by atoms with Crippen molar-refractivity contribution < 1.29 is 117 Å². The summed E-state index contributed by atoms with van der Waals surface area (Å²) in [7, 11) is 0. The molecule has 6 aliphatic rings. The maximum atomic E-state index is 14.3. The molecule has 24 nitrogen and oxygen atoms in total. The molecular formula is C62H108O24. The van der Waals surface area contributed by atoms with E-state index in [1.807, 2.05) is 0 Å². The summed E-state index contributed by atoms with van der Waals surface area (Å²) in [5, 5.41) is 91.9. The summed E-state index contributed by atoms with van der Waals surface area (Å²) in [6.07, 6.45) is -19.4. The number of ether oxygens (including phenoxy) is 13. The van der Waals surface area contributed by atoms with Crippen molar-refractivity contribution in [1.29, 1.82) is 0 Å². The van der Waals surface area contributed by atoms with Gasteiger partial charge in [-0.15, -0.1) is 0 Å². The smallest absolute Gasteiger partial charge is 0.308 e. The lowest BCUT2D eigenvalue weighted by atomic mass is 9.95. The summed E-state index contributed by atoms with van der Waals surface area (Å²) in [5.74, 6) is -2.66. The van der Waals surface area contributed by atoms with Gasteiger partial charge in [0.05, 0.1) is 42.5 Å². The van der Waals surface area contributed by atoms with Crippen molar-refractivity contribution in [2.75, 3.05) is 0 Å². The molecule has 6 rings (SSSR count). The van der Waals surface area contributed by atoms with Crippen LogP contribution >= 0.6 is 0 Å². The summed E-state index contributed by atoms with van der Waals surface area (Å²) < 4.78 is 82.2. The minimum absolute atomic E-state index is 0.0212. The van der Waals surface area contributed by atoms with Crippen LogP contribution in [0.4, 0.5) is 0 Å². The number of hydrogen-bond donors (Lipinski definition) is 8. The Morgan fingerprint density at radius 1 is 0.453 bits per heavy atom. The van der Waals surface area contributed by atoms with Crippen LogP contribution in [0.5, 0.6) is 0 Å². The molecule has 0 aromatic heterocycles. The van der Waals surface area contributed by atoms with Crippen molar-refractivity contribution in [2.24, 2.45) is 5.92 Å². The van der Waals surface area contributed by atoms with Crippen LogP contribution in [0.1, 0.15) is 210 Å². The molecule has 6 fully saturated rings.